The molecule has 118 valence electrons. The van der Waals surface area contributed by atoms with Gasteiger partial charge in [-0.2, -0.15) is 0 Å². The third kappa shape index (κ3) is 7.04. The topological polar surface area (TPSA) is 89.3 Å². The fraction of sp³-hybridized carbons (Fsp3) is 0.500. The summed E-state index contributed by atoms with van der Waals surface area (Å²) >= 11 is 5.54. The van der Waals surface area contributed by atoms with Gasteiger partial charge in [0.25, 0.3) is 0 Å². The van der Waals surface area contributed by atoms with Gasteiger partial charge in [0.2, 0.25) is 10.0 Å². The minimum atomic E-state index is -3.59. The van der Waals surface area contributed by atoms with Crippen LogP contribution in [0.2, 0.25) is 0 Å². The molecule has 0 aromatic heterocycles. The lowest BCUT2D eigenvalue weighted by Gasteiger charge is -2.16. The van der Waals surface area contributed by atoms with E-state index in [9.17, 15) is 13.2 Å². The molecule has 0 bridgehead atoms. The molecule has 0 aliphatic rings. The number of ketones is 1. The Hall–Kier alpha value is -0.950. The molecular weight excluding hydrogens is 312 g/mol. The summed E-state index contributed by atoms with van der Waals surface area (Å²) in [5.41, 5.74) is 6.07. The Labute approximate surface area is 130 Å². The van der Waals surface area contributed by atoms with Gasteiger partial charge in [0.05, 0.1) is 17.7 Å². The van der Waals surface area contributed by atoms with E-state index in [-0.39, 0.29) is 17.4 Å². The van der Waals surface area contributed by atoms with Crippen LogP contribution >= 0.6 is 11.6 Å². The minimum absolute atomic E-state index is 0.156. The Morgan fingerprint density at radius 1 is 1.24 bits per heavy atom. The van der Waals surface area contributed by atoms with E-state index >= 15 is 0 Å². The molecule has 0 amide bonds. The van der Waals surface area contributed by atoms with Crippen molar-refractivity contribution in [2.75, 3.05) is 12.4 Å². The molecule has 0 saturated carbocycles. The number of hydrogen-bond acceptors (Lipinski definition) is 4. The number of unbranched alkanes of at least 4 members (excludes halogenated alkanes) is 1. The first-order valence-electron chi connectivity index (χ1n) is 6.81. The standard InChI is InChI=1S/C14H21ClN2O3S/c15-10-14(18)13(8-4-5-9-16)17-21(19,20)11-12-6-2-1-3-7-12/h1-3,6-7,13,17H,4-5,8-11,16H2. The van der Waals surface area contributed by atoms with Gasteiger partial charge in [-0.3, -0.25) is 4.79 Å². The molecule has 1 aromatic rings. The number of hydrogen-bond donors (Lipinski definition) is 2. The molecule has 0 saturated heterocycles. The van der Waals surface area contributed by atoms with Crippen molar-refractivity contribution in [3.8, 4) is 0 Å². The molecule has 0 heterocycles. The Morgan fingerprint density at radius 3 is 2.48 bits per heavy atom. The maximum atomic E-state index is 12.1. The second-order valence-electron chi connectivity index (χ2n) is 4.80. The van der Waals surface area contributed by atoms with Gasteiger partial charge in [0, 0.05) is 0 Å². The largest absolute Gasteiger partial charge is 0.330 e. The van der Waals surface area contributed by atoms with E-state index in [0.717, 1.165) is 6.42 Å². The van der Waals surface area contributed by atoms with Crippen molar-refractivity contribution in [2.45, 2.75) is 31.1 Å². The van der Waals surface area contributed by atoms with Crippen LogP contribution < -0.4 is 10.5 Å². The number of nitrogens with two attached hydrogens (primary N) is 1. The molecule has 3 N–H and O–H groups in total. The van der Waals surface area contributed by atoms with Gasteiger partial charge in [-0.15, -0.1) is 11.6 Å². The normalized spacial score (nSPS) is 13.0. The highest BCUT2D eigenvalue weighted by Gasteiger charge is 2.23. The van der Waals surface area contributed by atoms with Crippen LogP contribution in [0.1, 0.15) is 24.8 Å². The van der Waals surface area contributed by atoms with Gasteiger partial charge in [-0.25, -0.2) is 13.1 Å². The van der Waals surface area contributed by atoms with Gasteiger partial charge >= 0.3 is 0 Å². The van der Waals surface area contributed by atoms with Crippen molar-refractivity contribution in [1.82, 2.24) is 4.72 Å². The average molecular weight is 333 g/mol. The van der Waals surface area contributed by atoms with Gasteiger partial charge < -0.3 is 5.73 Å². The molecule has 1 unspecified atom stereocenters. The zero-order valence-corrected chi connectivity index (χ0v) is 13.4. The average Bonchev–Trinajstić information content (AvgIpc) is 2.46. The first-order chi connectivity index (χ1) is 9.98. The van der Waals surface area contributed by atoms with Gasteiger partial charge in [-0.1, -0.05) is 36.8 Å². The van der Waals surface area contributed by atoms with E-state index < -0.39 is 16.1 Å². The number of carbonyl (C=O) groups excluding carboxylic acids is 1. The second-order valence-corrected chi connectivity index (χ2v) is 6.82. The van der Waals surface area contributed by atoms with E-state index in [1.165, 1.54) is 0 Å². The number of sulfonamides is 1. The van der Waals surface area contributed by atoms with Crippen LogP contribution in [0.4, 0.5) is 0 Å². The van der Waals surface area contributed by atoms with Crippen molar-refractivity contribution >= 4 is 27.4 Å². The quantitative estimate of drug-likeness (QED) is 0.501. The van der Waals surface area contributed by atoms with E-state index in [2.05, 4.69) is 4.72 Å². The van der Waals surface area contributed by atoms with Crippen molar-refractivity contribution in [3.63, 3.8) is 0 Å². The van der Waals surface area contributed by atoms with Crippen LogP contribution in [0.25, 0.3) is 0 Å². The summed E-state index contributed by atoms with van der Waals surface area (Å²) < 4.78 is 26.7. The number of alkyl halides is 1. The van der Waals surface area contributed by atoms with Crippen LogP contribution in [0, 0.1) is 0 Å². The molecule has 0 aliphatic heterocycles. The van der Waals surface area contributed by atoms with Crippen LogP contribution in [0.15, 0.2) is 30.3 Å². The Morgan fingerprint density at radius 2 is 1.90 bits per heavy atom. The highest BCUT2D eigenvalue weighted by Crippen LogP contribution is 2.09. The molecule has 7 heteroatoms. The van der Waals surface area contributed by atoms with Crippen molar-refractivity contribution in [2.24, 2.45) is 5.73 Å². The molecule has 1 rings (SSSR count). The summed E-state index contributed by atoms with van der Waals surface area (Å²) in [7, 11) is -3.59. The molecule has 0 radical (unpaired) electrons. The maximum absolute atomic E-state index is 12.1. The van der Waals surface area contributed by atoms with E-state index in [1.54, 1.807) is 24.3 Å². The third-order valence-electron chi connectivity index (χ3n) is 2.99. The van der Waals surface area contributed by atoms with E-state index in [0.29, 0.717) is 24.9 Å². The highest BCUT2D eigenvalue weighted by molar-refractivity contribution is 7.88. The van der Waals surface area contributed by atoms with Crippen molar-refractivity contribution in [1.29, 1.82) is 0 Å². The number of carbonyl (C=O) groups is 1. The first kappa shape index (κ1) is 18.1. The molecule has 0 aliphatic carbocycles. The summed E-state index contributed by atoms with van der Waals surface area (Å²) in [5.74, 6) is -0.678. The zero-order valence-electron chi connectivity index (χ0n) is 11.8. The summed E-state index contributed by atoms with van der Waals surface area (Å²) in [6.07, 6.45) is 1.83. The molecular formula is C14H21ClN2O3S. The van der Waals surface area contributed by atoms with Gasteiger partial charge in [0.1, 0.15) is 0 Å². The summed E-state index contributed by atoms with van der Waals surface area (Å²) in [6, 6.07) is 8.04. The van der Waals surface area contributed by atoms with Crippen molar-refractivity contribution < 1.29 is 13.2 Å². The lowest BCUT2D eigenvalue weighted by molar-refractivity contribution is -0.118. The second kappa shape index (κ2) is 9.15. The maximum Gasteiger partial charge on any atom is 0.216 e. The molecule has 21 heavy (non-hydrogen) atoms. The smallest absolute Gasteiger partial charge is 0.216 e. The fourth-order valence-electron chi connectivity index (χ4n) is 1.92. The Bertz CT molecular complexity index is 534. The molecule has 5 nitrogen and oxygen atoms in total. The Balaban J connectivity index is 2.69. The number of halogens is 1. The molecule has 1 aromatic carbocycles. The Kier molecular flexibility index (Phi) is 7.88. The monoisotopic (exact) mass is 332 g/mol. The van der Waals surface area contributed by atoms with Gasteiger partial charge in [0.15, 0.2) is 5.78 Å². The van der Waals surface area contributed by atoms with Crippen LogP contribution in [-0.4, -0.2) is 32.7 Å². The van der Waals surface area contributed by atoms with Crippen LogP contribution in [0.3, 0.4) is 0 Å². The summed E-state index contributed by atoms with van der Waals surface area (Å²) in [5, 5.41) is 0. The van der Waals surface area contributed by atoms with Crippen LogP contribution in [0.5, 0.6) is 0 Å². The van der Waals surface area contributed by atoms with E-state index in [1.807, 2.05) is 6.07 Å². The SMILES string of the molecule is NCCCCC(NS(=O)(=O)Cc1ccccc1)C(=O)CCl. The number of nitrogens with one attached hydrogen (secondary N) is 1. The summed E-state index contributed by atoms with van der Waals surface area (Å²) in [4.78, 5) is 11.7. The fourth-order valence-corrected chi connectivity index (χ4v) is 3.51. The third-order valence-corrected chi connectivity index (χ3v) is 4.61. The number of rotatable bonds is 10. The zero-order chi connectivity index (χ0) is 15.7. The summed E-state index contributed by atoms with van der Waals surface area (Å²) in [6.45, 7) is 0.512. The molecule has 0 spiro atoms. The predicted molar refractivity (Wildman–Crippen MR) is 84.6 cm³/mol. The molecule has 1 atom stereocenters. The van der Waals surface area contributed by atoms with E-state index in [4.69, 9.17) is 17.3 Å². The lowest BCUT2D eigenvalue weighted by Crippen LogP contribution is -2.42. The lowest BCUT2D eigenvalue weighted by atomic mass is 10.1. The molecule has 0 fully saturated rings. The highest BCUT2D eigenvalue weighted by atomic mass is 35.5. The minimum Gasteiger partial charge on any atom is -0.330 e. The van der Waals surface area contributed by atoms with Gasteiger partial charge in [-0.05, 0) is 24.9 Å². The van der Waals surface area contributed by atoms with Crippen molar-refractivity contribution in [3.05, 3.63) is 35.9 Å². The predicted octanol–water partition coefficient (Wildman–Crippen LogP) is 1.41. The first-order valence-corrected chi connectivity index (χ1v) is 9.00. The number of Topliss-reactive ketones (excluding diaryl/α,β-unsaturated/α-hetero) is 1. The number of benzene rings is 1. The van der Waals surface area contributed by atoms with Crippen LogP contribution in [-0.2, 0) is 20.6 Å².